The summed E-state index contributed by atoms with van der Waals surface area (Å²) < 4.78 is 48.4. The van der Waals surface area contributed by atoms with E-state index >= 15 is 0 Å². The molecule has 0 bridgehead atoms. The van der Waals surface area contributed by atoms with E-state index in [1.54, 1.807) is 6.07 Å². The zero-order valence-corrected chi connectivity index (χ0v) is 11.9. The molecular weight excluding hydrogens is 284 g/mol. The molecule has 0 aliphatic heterocycles. The maximum absolute atomic E-state index is 14.3. The fourth-order valence-corrected chi connectivity index (χ4v) is 3.97. The van der Waals surface area contributed by atoms with E-state index < -0.39 is 33.4 Å². The van der Waals surface area contributed by atoms with Crippen LogP contribution in [0.25, 0.3) is 0 Å². The number of halogens is 2. The second-order valence-electron chi connectivity index (χ2n) is 5.32. The van der Waals surface area contributed by atoms with E-state index in [1.807, 2.05) is 0 Å². The highest BCUT2D eigenvalue weighted by Gasteiger charge is 2.45. The van der Waals surface area contributed by atoms with Crippen molar-refractivity contribution in [1.29, 1.82) is 4.78 Å². The van der Waals surface area contributed by atoms with Crippen molar-refractivity contribution in [3.63, 3.8) is 0 Å². The van der Waals surface area contributed by atoms with Gasteiger partial charge in [-0.25, -0.2) is 8.99 Å². The van der Waals surface area contributed by atoms with E-state index in [-0.39, 0.29) is 4.90 Å². The Kier molecular flexibility index (Phi) is 4.44. The van der Waals surface area contributed by atoms with Crippen LogP contribution in [-0.4, -0.2) is 20.7 Å². The fraction of sp³-hybridized carbons (Fsp3) is 0.571. The molecule has 0 spiro atoms. The van der Waals surface area contributed by atoms with Crippen LogP contribution in [0.15, 0.2) is 35.2 Å². The van der Waals surface area contributed by atoms with Crippen LogP contribution in [0, 0.1) is 10.7 Å². The van der Waals surface area contributed by atoms with Gasteiger partial charge in [0.1, 0.15) is 9.73 Å². The summed E-state index contributed by atoms with van der Waals surface area (Å²) in [6, 6.07) is 7.20. The van der Waals surface area contributed by atoms with Crippen molar-refractivity contribution in [2.45, 2.75) is 48.4 Å². The Hall–Kier alpha value is -1.01. The third-order valence-electron chi connectivity index (χ3n) is 3.86. The average molecular weight is 303 g/mol. The Morgan fingerprint density at radius 3 is 2.45 bits per heavy atom. The Bertz CT molecular complexity index is 546. The molecule has 1 aliphatic carbocycles. The van der Waals surface area contributed by atoms with Gasteiger partial charge in [0, 0.05) is 6.42 Å². The van der Waals surface area contributed by atoms with Gasteiger partial charge in [-0.1, -0.05) is 31.0 Å². The molecule has 3 atom stereocenters. The number of benzene rings is 1. The molecule has 2 rings (SSSR count). The largest absolute Gasteiger partial charge is 0.393 e. The van der Waals surface area contributed by atoms with Gasteiger partial charge in [0.25, 0.3) is 0 Å². The molecule has 6 heteroatoms. The van der Waals surface area contributed by atoms with E-state index in [0.29, 0.717) is 12.8 Å². The van der Waals surface area contributed by atoms with Gasteiger partial charge >= 0.3 is 5.25 Å². The molecule has 3 unspecified atom stereocenters. The van der Waals surface area contributed by atoms with Crippen molar-refractivity contribution in [1.82, 2.24) is 0 Å². The van der Waals surface area contributed by atoms with Gasteiger partial charge in [0.15, 0.2) is 0 Å². The number of hydrogen-bond donors (Lipinski definition) is 2. The van der Waals surface area contributed by atoms with E-state index in [2.05, 4.69) is 0 Å². The summed E-state index contributed by atoms with van der Waals surface area (Å²) in [6.45, 7) is 0. The molecular formula is C14H19F2NO2S. The van der Waals surface area contributed by atoms with Crippen molar-refractivity contribution in [2.24, 2.45) is 5.92 Å². The van der Waals surface area contributed by atoms with E-state index in [1.165, 1.54) is 24.3 Å². The zero-order valence-electron chi connectivity index (χ0n) is 11.1. The van der Waals surface area contributed by atoms with Gasteiger partial charge in [-0.2, -0.15) is 8.78 Å². The van der Waals surface area contributed by atoms with Crippen molar-refractivity contribution in [3.8, 4) is 0 Å². The predicted octanol–water partition coefficient (Wildman–Crippen LogP) is 3.63. The number of rotatable bonds is 4. The first kappa shape index (κ1) is 15.4. The van der Waals surface area contributed by atoms with Crippen LogP contribution in [0.5, 0.6) is 0 Å². The van der Waals surface area contributed by atoms with Crippen molar-refractivity contribution in [2.75, 3.05) is 0 Å². The van der Waals surface area contributed by atoms with E-state index in [9.17, 15) is 18.1 Å². The Balaban J connectivity index is 2.21. The van der Waals surface area contributed by atoms with Gasteiger partial charge in [0.05, 0.1) is 11.0 Å². The molecule has 0 radical (unpaired) electrons. The smallest absolute Gasteiger partial charge is 0.332 e. The van der Waals surface area contributed by atoms with Crippen LogP contribution >= 0.6 is 0 Å². The summed E-state index contributed by atoms with van der Waals surface area (Å²) in [5.74, 6) is -0.575. The molecule has 0 amide bonds. The lowest BCUT2D eigenvalue weighted by Crippen LogP contribution is -2.35. The molecule has 1 aromatic rings. The minimum atomic E-state index is -4.21. The summed E-state index contributed by atoms with van der Waals surface area (Å²) in [5.41, 5.74) is 0. The molecule has 2 N–H and O–H groups in total. The van der Waals surface area contributed by atoms with Crippen molar-refractivity contribution in [3.05, 3.63) is 30.3 Å². The highest BCUT2D eigenvalue weighted by atomic mass is 32.2. The van der Waals surface area contributed by atoms with Crippen molar-refractivity contribution >= 4 is 9.73 Å². The molecule has 0 aromatic heterocycles. The predicted molar refractivity (Wildman–Crippen MR) is 73.1 cm³/mol. The first-order chi connectivity index (χ1) is 9.34. The number of aliphatic hydroxyl groups is 1. The molecule has 0 heterocycles. The third-order valence-corrected chi connectivity index (χ3v) is 5.81. The number of hydrogen-bond acceptors (Lipinski definition) is 3. The summed E-state index contributed by atoms with van der Waals surface area (Å²) in [7, 11) is -4.21. The number of aliphatic hydroxyl groups excluding tert-OH is 1. The maximum Gasteiger partial charge on any atom is 0.332 e. The average Bonchev–Trinajstić information content (AvgIpc) is 2.42. The molecule has 1 saturated carbocycles. The summed E-state index contributed by atoms with van der Waals surface area (Å²) in [5, 5.41) is 6.15. The molecule has 1 aliphatic rings. The Morgan fingerprint density at radius 1 is 1.25 bits per heavy atom. The Labute approximate surface area is 118 Å². The quantitative estimate of drug-likeness (QED) is 0.892. The minimum Gasteiger partial charge on any atom is -0.393 e. The lowest BCUT2D eigenvalue weighted by Gasteiger charge is -2.31. The van der Waals surface area contributed by atoms with E-state index in [0.717, 1.165) is 12.8 Å². The van der Waals surface area contributed by atoms with Gasteiger partial charge in [0.2, 0.25) is 0 Å². The standard InChI is InChI=1S/C14H19F2NO2S/c15-14(16,10-11-6-4-5-9-13(11)18)20(17,19)12-7-2-1-3-8-12/h1-3,7-8,11,13,17-18H,4-6,9-10H2. The summed E-state index contributed by atoms with van der Waals surface area (Å²) in [6.07, 6.45) is 1.17. The van der Waals surface area contributed by atoms with Crippen LogP contribution in [0.4, 0.5) is 8.78 Å². The first-order valence-corrected chi connectivity index (χ1v) is 8.30. The van der Waals surface area contributed by atoms with Gasteiger partial charge in [-0.05, 0) is 30.9 Å². The molecule has 3 nitrogen and oxygen atoms in total. The molecule has 1 fully saturated rings. The molecule has 20 heavy (non-hydrogen) atoms. The number of alkyl halides is 2. The normalized spacial score (nSPS) is 26.9. The van der Waals surface area contributed by atoms with Crippen LogP contribution < -0.4 is 0 Å². The highest BCUT2D eigenvalue weighted by molar-refractivity contribution is 7.93. The van der Waals surface area contributed by atoms with Crippen LogP contribution in [-0.2, 0) is 9.73 Å². The zero-order chi connectivity index (χ0) is 14.8. The maximum atomic E-state index is 14.3. The van der Waals surface area contributed by atoms with Gasteiger partial charge in [-0.15, -0.1) is 0 Å². The lowest BCUT2D eigenvalue weighted by atomic mass is 9.84. The first-order valence-electron chi connectivity index (χ1n) is 6.74. The highest BCUT2D eigenvalue weighted by Crippen LogP contribution is 2.39. The molecule has 112 valence electrons. The van der Waals surface area contributed by atoms with Gasteiger partial charge in [-0.3, -0.25) is 0 Å². The van der Waals surface area contributed by atoms with E-state index in [4.69, 9.17) is 4.78 Å². The topological polar surface area (TPSA) is 61.2 Å². The summed E-state index contributed by atoms with van der Waals surface area (Å²) >= 11 is 0. The minimum absolute atomic E-state index is 0.157. The SMILES string of the molecule is N=S(=O)(c1ccccc1)C(F)(F)CC1CCCCC1O. The number of nitrogens with one attached hydrogen (secondary N) is 1. The monoisotopic (exact) mass is 303 g/mol. The second-order valence-corrected chi connectivity index (χ2v) is 7.50. The third kappa shape index (κ3) is 3.01. The second kappa shape index (κ2) is 5.77. The fourth-order valence-electron chi connectivity index (χ4n) is 2.63. The van der Waals surface area contributed by atoms with Crippen LogP contribution in [0.2, 0.25) is 0 Å². The Morgan fingerprint density at radius 2 is 1.85 bits per heavy atom. The molecule has 0 saturated heterocycles. The van der Waals surface area contributed by atoms with Crippen LogP contribution in [0.3, 0.4) is 0 Å². The van der Waals surface area contributed by atoms with Crippen LogP contribution in [0.1, 0.15) is 32.1 Å². The van der Waals surface area contributed by atoms with Crippen molar-refractivity contribution < 1.29 is 18.1 Å². The summed E-state index contributed by atoms with van der Waals surface area (Å²) in [4.78, 5) is -0.157. The lowest BCUT2D eigenvalue weighted by molar-refractivity contribution is 0.00299. The van der Waals surface area contributed by atoms with Gasteiger partial charge < -0.3 is 5.11 Å². The molecule has 1 aromatic carbocycles.